The van der Waals surface area contributed by atoms with Crippen LogP contribution in [0.5, 0.6) is 0 Å². The molecule has 2 aromatic rings. The second-order valence-corrected chi connectivity index (χ2v) is 10.3. The summed E-state index contributed by atoms with van der Waals surface area (Å²) >= 11 is 0. The number of carbonyl (C=O) groups is 3. The summed E-state index contributed by atoms with van der Waals surface area (Å²) in [6, 6.07) is 7.27. The molecule has 4 saturated heterocycles. The summed E-state index contributed by atoms with van der Waals surface area (Å²) in [7, 11) is 0. The largest absolute Gasteiger partial charge is 0.339 e. The first-order valence-corrected chi connectivity index (χ1v) is 12.6. The first kappa shape index (κ1) is 22.1. The van der Waals surface area contributed by atoms with Crippen LogP contribution in [0.1, 0.15) is 36.2 Å². The van der Waals surface area contributed by atoms with Crippen molar-refractivity contribution in [3.05, 3.63) is 40.3 Å². The van der Waals surface area contributed by atoms with Crippen molar-refractivity contribution in [3.8, 4) is 0 Å². The Hall–Kier alpha value is -3.43. The number of carbonyl (C=O) groups excluding carboxylic acids is 3. The van der Waals surface area contributed by atoms with Crippen LogP contribution in [-0.4, -0.2) is 99.5 Å². The number of nitrogens with zero attached hydrogens (tertiary/aromatic N) is 5. The number of benzene rings is 1. The van der Waals surface area contributed by atoms with E-state index in [1.165, 1.54) is 0 Å². The fraction of sp³-hybridized carbons (Fsp3) is 0.560. The number of aromatic nitrogens is 2. The van der Waals surface area contributed by atoms with E-state index in [9.17, 15) is 19.2 Å². The fourth-order valence-corrected chi connectivity index (χ4v) is 6.49. The number of likely N-dealkylation sites (tertiary alicyclic amines) is 1. The molecule has 0 saturated carbocycles. The maximum Gasteiger partial charge on any atom is 0.320 e. The van der Waals surface area contributed by atoms with Gasteiger partial charge in [0.1, 0.15) is 0 Å². The zero-order chi connectivity index (χ0) is 24.1. The lowest BCUT2D eigenvalue weighted by molar-refractivity contribution is -0.144. The average Bonchev–Trinajstić information content (AvgIpc) is 2.89. The lowest BCUT2D eigenvalue weighted by Gasteiger charge is -2.53. The van der Waals surface area contributed by atoms with Crippen LogP contribution in [0.4, 0.5) is 4.79 Å². The van der Waals surface area contributed by atoms with Crippen LogP contribution in [0.2, 0.25) is 0 Å². The number of urea groups is 1. The summed E-state index contributed by atoms with van der Waals surface area (Å²) in [4.78, 5) is 58.6. The molecule has 4 aliphatic heterocycles. The van der Waals surface area contributed by atoms with E-state index in [2.05, 4.69) is 15.1 Å². The molecule has 1 N–H and O–H groups in total. The smallest absolute Gasteiger partial charge is 0.320 e. The molecule has 10 heteroatoms. The van der Waals surface area contributed by atoms with Crippen molar-refractivity contribution < 1.29 is 14.4 Å². The first-order valence-electron chi connectivity index (χ1n) is 12.6. The topological polar surface area (TPSA) is 110 Å². The minimum absolute atomic E-state index is 0.0370. The van der Waals surface area contributed by atoms with Gasteiger partial charge < -0.3 is 19.6 Å². The molecule has 3 atom stereocenters. The molecule has 1 aromatic heterocycles. The number of nitrogens with one attached hydrogen (secondary N) is 1. The standard InChI is InChI=1S/C25H30N6O4/c32-21-7-3-6-20-17-12-16(14-31(20)21)13-30(15-17)25(35)29-10-8-28(9-11-29)24(34)22-18-4-1-2-5-19(18)23(33)27-26-22/h1-2,4-5,16-17,20H,3,6-15H2,(H,27,33)/t16-,17-,20-/m1/s1. The summed E-state index contributed by atoms with van der Waals surface area (Å²) in [5, 5.41) is 7.44. The molecule has 35 heavy (non-hydrogen) atoms. The van der Waals surface area contributed by atoms with E-state index in [1.807, 2.05) is 9.80 Å². The van der Waals surface area contributed by atoms with Crippen LogP contribution in [0.15, 0.2) is 29.1 Å². The Morgan fingerprint density at radius 2 is 1.66 bits per heavy atom. The molecular weight excluding hydrogens is 448 g/mol. The second kappa shape index (κ2) is 8.66. The van der Waals surface area contributed by atoms with E-state index < -0.39 is 0 Å². The number of hydrogen-bond acceptors (Lipinski definition) is 5. The van der Waals surface area contributed by atoms with Crippen LogP contribution in [0, 0.1) is 11.8 Å². The molecule has 2 bridgehead atoms. The van der Waals surface area contributed by atoms with Gasteiger partial charge in [-0.15, -0.1) is 0 Å². The summed E-state index contributed by atoms with van der Waals surface area (Å²) in [5.74, 6) is 0.747. The molecule has 10 nitrogen and oxygen atoms in total. The zero-order valence-corrected chi connectivity index (χ0v) is 19.7. The Bertz CT molecular complexity index is 1240. The van der Waals surface area contributed by atoms with E-state index >= 15 is 0 Å². The summed E-state index contributed by atoms with van der Waals surface area (Å²) in [6.45, 7) is 3.94. The molecule has 4 aliphatic rings. The van der Waals surface area contributed by atoms with Crippen molar-refractivity contribution in [1.82, 2.24) is 29.8 Å². The van der Waals surface area contributed by atoms with Crippen LogP contribution in [0.3, 0.4) is 0 Å². The molecule has 1 aromatic carbocycles. The third kappa shape index (κ3) is 3.84. The van der Waals surface area contributed by atoms with Gasteiger partial charge in [-0.1, -0.05) is 18.2 Å². The van der Waals surface area contributed by atoms with Crippen LogP contribution < -0.4 is 5.56 Å². The molecule has 0 aliphatic carbocycles. The van der Waals surface area contributed by atoms with Crippen LogP contribution in [-0.2, 0) is 4.79 Å². The van der Waals surface area contributed by atoms with Gasteiger partial charge in [-0.05, 0) is 37.2 Å². The van der Waals surface area contributed by atoms with E-state index in [0.717, 1.165) is 25.8 Å². The minimum atomic E-state index is -0.320. The highest BCUT2D eigenvalue weighted by Crippen LogP contribution is 2.38. The van der Waals surface area contributed by atoms with Crippen molar-refractivity contribution >= 4 is 28.6 Å². The first-order chi connectivity index (χ1) is 17.0. The van der Waals surface area contributed by atoms with Crippen molar-refractivity contribution in [3.63, 3.8) is 0 Å². The van der Waals surface area contributed by atoms with Gasteiger partial charge in [0.2, 0.25) is 5.91 Å². The van der Waals surface area contributed by atoms with Gasteiger partial charge in [0.05, 0.1) is 5.39 Å². The molecule has 0 radical (unpaired) electrons. The van der Waals surface area contributed by atoms with Crippen LogP contribution in [0.25, 0.3) is 10.8 Å². The molecule has 184 valence electrons. The highest BCUT2D eigenvalue weighted by molar-refractivity contribution is 6.04. The quantitative estimate of drug-likeness (QED) is 0.661. The third-order valence-electron chi connectivity index (χ3n) is 8.19. The Kier molecular flexibility index (Phi) is 5.46. The lowest BCUT2D eigenvalue weighted by Crippen LogP contribution is -2.63. The fourth-order valence-electron chi connectivity index (χ4n) is 6.49. The molecule has 5 heterocycles. The van der Waals surface area contributed by atoms with E-state index in [1.54, 1.807) is 29.2 Å². The predicted octanol–water partition coefficient (Wildman–Crippen LogP) is 1.13. The Labute approximate surface area is 202 Å². The zero-order valence-electron chi connectivity index (χ0n) is 19.7. The SMILES string of the molecule is O=C(c1n[nH]c(=O)c2ccccc12)N1CCN(C(=O)N2C[C@H]3C[C@H](C2)[C@H]2CCCC(=O)N2C3)CC1. The Morgan fingerprint density at radius 3 is 2.46 bits per heavy atom. The van der Waals surface area contributed by atoms with Crippen molar-refractivity contribution in [2.45, 2.75) is 31.7 Å². The monoisotopic (exact) mass is 478 g/mol. The van der Waals surface area contributed by atoms with Crippen LogP contribution >= 0.6 is 0 Å². The van der Waals surface area contributed by atoms with Gasteiger partial charge in [0.25, 0.3) is 11.5 Å². The highest BCUT2D eigenvalue weighted by atomic mass is 16.2. The number of piperazine rings is 1. The molecule has 0 unspecified atom stereocenters. The highest BCUT2D eigenvalue weighted by Gasteiger charge is 2.45. The number of piperidine rings is 3. The van der Waals surface area contributed by atoms with Gasteiger partial charge in [-0.3, -0.25) is 14.4 Å². The maximum absolute atomic E-state index is 13.4. The summed E-state index contributed by atoms with van der Waals surface area (Å²) in [5.41, 5.74) is -0.0880. The van der Waals surface area contributed by atoms with Crippen molar-refractivity contribution in [1.29, 1.82) is 0 Å². The van der Waals surface area contributed by atoms with Gasteiger partial charge in [0, 0.05) is 63.7 Å². The van der Waals surface area contributed by atoms with Gasteiger partial charge >= 0.3 is 6.03 Å². The number of amides is 4. The van der Waals surface area contributed by atoms with E-state index in [4.69, 9.17) is 0 Å². The molecule has 0 spiro atoms. The van der Waals surface area contributed by atoms with E-state index in [0.29, 0.717) is 68.3 Å². The number of aromatic amines is 1. The van der Waals surface area contributed by atoms with Crippen molar-refractivity contribution in [2.24, 2.45) is 11.8 Å². The molecule has 4 fully saturated rings. The number of fused-ring (bicyclic) bond motifs is 5. The van der Waals surface area contributed by atoms with Gasteiger partial charge in [-0.2, -0.15) is 5.10 Å². The summed E-state index contributed by atoms with van der Waals surface area (Å²) < 4.78 is 0. The number of hydrogen-bond donors (Lipinski definition) is 1. The summed E-state index contributed by atoms with van der Waals surface area (Å²) in [6.07, 6.45) is 3.75. The molecule has 6 rings (SSSR count). The van der Waals surface area contributed by atoms with Gasteiger partial charge in [-0.25, -0.2) is 9.89 Å². The average molecular weight is 479 g/mol. The maximum atomic E-state index is 13.4. The molecular formula is C25H30N6O4. The normalized spacial score (nSPS) is 26.6. The number of H-pyrrole nitrogens is 1. The van der Waals surface area contributed by atoms with E-state index in [-0.39, 0.29) is 35.1 Å². The number of rotatable bonds is 1. The predicted molar refractivity (Wildman–Crippen MR) is 128 cm³/mol. The third-order valence-corrected chi connectivity index (χ3v) is 8.19. The minimum Gasteiger partial charge on any atom is -0.339 e. The van der Waals surface area contributed by atoms with Gasteiger partial charge in [0.15, 0.2) is 5.69 Å². The lowest BCUT2D eigenvalue weighted by atomic mass is 9.76. The Balaban J connectivity index is 1.10. The molecule has 4 amide bonds. The second-order valence-electron chi connectivity index (χ2n) is 10.3. The Morgan fingerprint density at radius 1 is 0.914 bits per heavy atom. The van der Waals surface area contributed by atoms with Crippen molar-refractivity contribution in [2.75, 3.05) is 45.8 Å².